The number of carboxylic acid groups (broad SMARTS) is 1. The molecular weight excluding hydrogens is 361 g/mol. The maximum Gasteiger partial charge on any atom is 0.316 e. The van der Waals surface area contributed by atoms with Crippen molar-refractivity contribution in [2.24, 2.45) is 5.92 Å². The molecule has 1 fully saturated rings. The van der Waals surface area contributed by atoms with Crippen LogP contribution in [0.5, 0.6) is 0 Å². The normalized spacial score (nSPS) is 24.1. The number of Topliss-reactive ketones (excluding diaryl/α,β-unsaturated/α-hetero) is 1. The van der Waals surface area contributed by atoms with Crippen molar-refractivity contribution in [3.63, 3.8) is 0 Å². The van der Waals surface area contributed by atoms with Gasteiger partial charge >= 0.3 is 5.97 Å². The number of halogens is 1. The largest absolute Gasteiger partial charge is 0.481 e. The van der Waals surface area contributed by atoms with E-state index in [2.05, 4.69) is 16.8 Å². The molecule has 2 N–H and O–H groups in total. The minimum atomic E-state index is -1.15. The summed E-state index contributed by atoms with van der Waals surface area (Å²) in [5.74, 6) is -3.27. The van der Waals surface area contributed by atoms with Crippen molar-refractivity contribution in [2.45, 2.75) is 38.4 Å². The van der Waals surface area contributed by atoms with E-state index in [4.69, 9.17) is 0 Å². The maximum absolute atomic E-state index is 15.0. The molecule has 2 aromatic rings. The van der Waals surface area contributed by atoms with E-state index in [1.807, 2.05) is 17.2 Å². The van der Waals surface area contributed by atoms with Crippen molar-refractivity contribution in [1.82, 2.24) is 9.88 Å². The fourth-order valence-corrected chi connectivity index (χ4v) is 4.45. The minimum absolute atomic E-state index is 0.157. The molecule has 0 spiro atoms. The summed E-state index contributed by atoms with van der Waals surface area (Å²) in [4.78, 5) is 26.2. The van der Waals surface area contributed by atoms with Gasteiger partial charge in [0.25, 0.3) is 0 Å². The second-order valence-electron chi connectivity index (χ2n) is 8.01. The molecule has 28 heavy (non-hydrogen) atoms. The molecule has 146 valence electrons. The van der Waals surface area contributed by atoms with E-state index in [9.17, 15) is 14.7 Å². The van der Waals surface area contributed by atoms with E-state index >= 15 is 4.39 Å². The quantitative estimate of drug-likeness (QED) is 0.798. The van der Waals surface area contributed by atoms with Crippen LogP contribution in [0.3, 0.4) is 0 Å². The third-order valence-corrected chi connectivity index (χ3v) is 6.13. The Balaban J connectivity index is 1.62. The van der Waals surface area contributed by atoms with Gasteiger partial charge in [-0.05, 0) is 38.0 Å². The first kappa shape index (κ1) is 17.4. The smallest absolute Gasteiger partial charge is 0.316 e. The molecule has 7 heteroatoms. The Bertz CT molecular complexity index is 995. The average Bonchev–Trinajstić information content (AvgIpc) is 3.40. The standard InChI is InChI=1S/C21H22FN3O3/c1-11-18-6-12(9-24(18)5-4-23-11)14-8-19-15(7-17(14)22)20(26)16(21(27)28)10-25(19)13-2-3-13/h6-9,11,13,16,23H,2-5,10H2,1H3,(H,27,28)/t11-,16?/m1/s1. The maximum atomic E-state index is 15.0. The number of carbonyl (C=O) groups is 2. The Hall–Kier alpha value is -2.67. The van der Waals surface area contributed by atoms with Gasteiger partial charge < -0.3 is 19.9 Å². The zero-order chi connectivity index (χ0) is 19.6. The highest BCUT2D eigenvalue weighted by molar-refractivity contribution is 6.13. The third kappa shape index (κ3) is 2.64. The predicted octanol–water partition coefficient (Wildman–Crippen LogP) is 2.82. The van der Waals surface area contributed by atoms with Gasteiger partial charge in [-0.15, -0.1) is 0 Å². The van der Waals surface area contributed by atoms with Crippen LogP contribution >= 0.6 is 0 Å². The molecule has 5 rings (SSSR count). The summed E-state index contributed by atoms with van der Waals surface area (Å²) in [6, 6.07) is 5.39. The van der Waals surface area contributed by atoms with Gasteiger partial charge in [-0.1, -0.05) is 0 Å². The molecule has 1 saturated carbocycles. The number of aliphatic carboxylic acids is 1. The van der Waals surface area contributed by atoms with Crippen LogP contribution in [0.25, 0.3) is 11.1 Å². The van der Waals surface area contributed by atoms with Crippen molar-refractivity contribution >= 4 is 17.4 Å². The van der Waals surface area contributed by atoms with Gasteiger partial charge in [0.1, 0.15) is 11.7 Å². The molecule has 0 bridgehead atoms. The predicted molar refractivity (Wildman–Crippen MR) is 102 cm³/mol. The number of hydrogen-bond acceptors (Lipinski definition) is 4. The fraction of sp³-hybridized carbons (Fsp3) is 0.429. The lowest BCUT2D eigenvalue weighted by molar-refractivity contribution is -0.139. The van der Waals surface area contributed by atoms with Crippen LogP contribution in [0.15, 0.2) is 24.4 Å². The molecule has 6 nitrogen and oxygen atoms in total. The number of aromatic nitrogens is 1. The number of hydrogen-bond donors (Lipinski definition) is 2. The Labute approximate surface area is 161 Å². The summed E-state index contributed by atoms with van der Waals surface area (Å²) in [5, 5.41) is 12.8. The molecular formula is C21H22FN3O3. The fourth-order valence-electron chi connectivity index (χ4n) is 4.45. The molecule has 0 saturated heterocycles. The highest BCUT2D eigenvalue weighted by Crippen LogP contribution is 2.42. The summed E-state index contributed by atoms with van der Waals surface area (Å²) in [7, 11) is 0. The molecule has 0 radical (unpaired) electrons. The van der Waals surface area contributed by atoms with E-state index < -0.39 is 23.5 Å². The molecule has 2 aliphatic heterocycles. The summed E-state index contributed by atoms with van der Waals surface area (Å²) < 4.78 is 17.2. The van der Waals surface area contributed by atoms with Gasteiger partial charge in [-0.2, -0.15) is 0 Å². The van der Waals surface area contributed by atoms with Gasteiger partial charge in [0.15, 0.2) is 5.78 Å². The first-order chi connectivity index (χ1) is 13.4. The lowest BCUT2D eigenvalue weighted by Gasteiger charge is -2.34. The average molecular weight is 383 g/mol. The number of fused-ring (bicyclic) bond motifs is 2. The van der Waals surface area contributed by atoms with Gasteiger partial charge in [-0.25, -0.2) is 4.39 Å². The molecule has 3 heterocycles. The number of anilines is 1. The van der Waals surface area contributed by atoms with Crippen molar-refractivity contribution in [3.8, 4) is 11.1 Å². The van der Waals surface area contributed by atoms with Crippen molar-refractivity contribution in [1.29, 1.82) is 0 Å². The van der Waals surface area contributed by atoms with Gasteiger partial charge in [0, 0.05) is 66.0 Å². The second-order valence-corrected chi connectivity index (χ2v) is 8.01. The molecule has 1 aromatic heterocycles. The zero-order valence-electron chi connectivity index (χ0n) is 15.6. The Morgan fingerprint density at radius 2 is 2.04 bits per heavy atom. The zero-order valence-corrected chi connectivity index (χ0v) is 15.6. The van der Waals surface area contributed by atoms with E-state index in [-0.39, 0.29) is 24.2 Å². The van der Waals surface area contributed by atoms with Gasteiger partial charge in [0.05, 0.1) is 0 Å². The van der Waals surface area contributed by atoms with Crippen LogP contribution in [0, 0.1) is 11.7 Å². The molecule has 1 aliphatic carbocycles. The topological polar surface area (TPSA) is 74.6 Å². The van der Waals surface area contributed by atoms with Crippen LogP contribution in [0.1, 0.15) is 41.9 Å². The number of nitrogens with one attached hydrogen (secondary N) is 1. The van der Waals surface area contributed by atoms with Crippen LogP contribution in [0.4, 0.5) is 10.1 Å². The van der Waals surface area contributed by atoms with Crippen molar-refractivity contribution in [2.75, 3.05) is 18.0 Å². The number of rotatable bonds is 3. The monoisotopic (exact) mass is 383 g/mol. The second kappa shape index (κ2) is 6.17. The number of ketones is 1. The van der Waals surface area contributed by atoms with E-state index in [0.717, 1.165) is 37.2 Å². The molecule has 0 amide bonds. The van der Waals surface area contributed by atoms with Crippen LogP contribution in [-0.4, -0.2) is 40.6 Å². The lowest BCUT2D eigenvalue weighted by Crippen LogP contribution is -2.44. The van der Waals surface area contributed by atoms with Crippen molar-refractivity contribution in [3.05, 3.63) is 41.5 Å². The molecule has 3 aliphatic rings. The van der Waals surface area contributed by atoms with E-state index in [1.165, 1.54) is 6.07 Å². The highest BCUT2D eigenvalue weighted by atomic mass is 19.1. The molecule has 1 aromatic carbocycles. The number of nitrogens with zero attached hydrogens (tertiary/aromatic N) is 2. The Morgan fingerprint density at radius 3 is 2.71 bits per heavy atom. The first-order valence-corrected chi connectivity index (χ1v) is 9.75. The molecule has 2 atom stereocenters. The summed E-state index contributed by atoms with van der Waals surface area (Å²) in [5.41, 5.74) is 3.21. The van der Waals surface area contributed by atoms with Crippen LogP contribution < -0.4 is 10.2 Å². The SMILES string of the molecule is C[C@H]1NCCn2cc(-c3cc4c(cc3F)C(=O)C(C(=O)O)CN4C3CC3)cc21. The third-order valence-electron chi connectivity index (χ3n) is 6.13. The highest BCUT2D eigenvalue weighted by Gasteiger charge is 2.42. The summed E-state index contributed by atoms with van der Waals surface area (Å²) in [6.07, 6.45) is 3.90. The van der Waals surface area contributed by atoms with E-state index in [0.29, 0.717) is 11.3 Å². The van der Waals surface area contributed by atoms with Crippen LogP contribution in [0.2, 0.25) is 0 Å². The summed E-state index contributed by atoms with van der Waals surface area (Å²) >= 11 is 0. The first-order valence-electron chi connectivity index (χ1n) is 9.75. The van der Waals surface area contributed by atoms with Gasteiger partial charge in [-0.3, -0.25) is 9.59 Å². The van der Waals surface area contributed by atoms with Gasteiger partial charge in [0.2, 0.25) is 0 Å². The number of carboxylic acids is 1. The van der Waals surface area contributed by atoms with Crippen LogP contribution in [-0.2, 0) is 11.3 Å². The van der Waals surface area contributed by atoms with E-state index in [1.54, 1.807) is 6.07 Å². The lowest BCUT2D eigenvalue weighted by atomic mass is 9.89. The minimum Gasteiger partial charge on any atom is -0.481 e. The van der Waals surface area contributed by atoms with Crippen molar-refractivity contribution < 1.29 is 19.1 Å². The molecule has 1 unspecified atom stereocenters. The summed E-state index contributed by atoms with van der Waals surface area (Å²) in [6.45, 7) is 3.94. The number of carbonyl (C=O) groups excluding carboxylic acids is 1. The Kier molecular flexibility index (Phi) is 3.84. The Morgan fingerprint density at radius 1 is 1.25 bits per heavy atom. The number of benzene rings is 1.